The van der Waals surface area contributed by atoms with Gasteiger partial charge < -0.3 is 19.6 Å². The molecule has 0 saturated carbocycles. The summed E-state index contributed by atoms with van der Waals surface area (Å²) >= 11 is 0. The minimum absolute atomic E-state index is 0.0677. The second-order valence-corrected chi connectivity index (χ2v) is 6.53. The van der Waals surface area contributed by atoms with Gasteiger partial charge in [-0.2, -0.15) is 0 Å². The van der Waals surface area contributed by atoms with Crippen molar-refractivity contribution >= 4 is 17.8 Å². The summed E-state index contributed by atoms with van der Waals surface area (Å²) in [5.74, 6) is -0.659. The number of hydrogen-bond acceptors (Lipinski definition) is 5. The molecule has 0 saturated heterocycles. The van der Waals surface area contributed by atoms with Gasteiger partial charge in [0.15, 0.2) is 0 Å². The minimum atomic E-state index is -0.924. The van der Waals surface area contributed by atoms with Crippen molar-refractivity contribution in [2.24, 2.45) is 0 Å². The van der Waals surface area contributed by atoms with E-state index in [9.17, 15) is 14.4 Å². The van der Waals surface area contributed by atoms with Gasteiger partial charge in [0.2, 0.25) is 0 Å². The van der Waals surface area contributed by atoms with Crippen LogP contribution in [0.2, 0.25) is 0 Å². The smallest absolute Gasteiger partial charge is 0.408 e. The number of rotatable bonds is 7. The Morgan fingerprint density at radius 1 is 1.12 bits per heavy atom. The van der Waals surface area contributed by atoms with E-state index in [1.165, 1.54) is 6.92 Å². The van der Waals surface area contributed by atoms with Crippen LogP contribution in [0.4, 0.5) is 4.79 Å². The molecule has 0 spiro atoms. The van der Waals surface area contributed by atoms with Gasteiger partial charge in [0, 0.05) is 6.42 Å². The predicted octanol–water partition coefficient (Wildman–Crippen LogP) is 2.99. The number of ether oxygens (including phenoxy) is 2. The molecule has 0 fully saturated rings. The third-order valence-electron chi connectivity index (χ3n) is 2.98. The molecule has 1 aromatic carbocycles. The molecular formula is C18H25NO5. The van der Waals surface area contributed by atoms with E-state index in [4.69, 9.17) is 9.47 Å². The zero-order valence-electron chi connectivity index (χ0n) is 14.6. The van der Waals surface area contributed by atoms with Crippen molar-refractivity contribution in [1.29, 1.82) is 0 Å². The molecule has 0 heterocycles. The lowest BCUT2D eigenvalue weighted by atomic mass is 10.1. The van der Waals surface area contributed by atoms with E-state index >= 15 is 0 Å². The summed E-state index contributed by atoms with van der Waals surface area (Å²) in [7, 11) is 0. The normalized spacial score (nSPS) is 12.2. The highest BCUT2D eigenvalue weighted by Gasteiger charge is 2.25. The van der Waals surface area contributed by atoms with Gasteiger partial charge >= 0.3 is 12.1 Å². The maximum absolute atomic E-state index is 12.2. The summed E-state index contributed by atoms with van der Waals surface area (Å²) in [5.41, 5.74) is 0.164. The van der Waals surface area contributed by atoms with Crippen molar-refractivity contribution in [3.63, 3.8) is 0 Å². The van der Waals surface area contributed by atoms with E-state index in [1.54, 1.807) is 20.8 Å². The van der Waals surface area contributed by atoms with Crippen molar-refractivity contribution in [2.75, 3.05) is 0 Å². The van der Waals surface area contributed by atoms with Gasteiger partial charge in [-0.05, 0) is 39.7 Å². The molecule has 0 bridgehead atoms. The molecular weight excluding hydrogens is 310 g/mol. The molecule has 0 aliphatic carbocycles. The topological polar surface area (TPSA) is 81.7 Å². The zero-order valence-corrected chi connectivity index (χ0v) is 14.6. The lowest BCUT2D eigenvalue weighted by Gasteiger charge is -2.22. The van der Waals surface area contributed by atoms with Crippen LogP contribution >= 0.6 is 0 Å². The quantitative estimate of drug-likeness (QED) is 0.775. The maximum Gasteiger partial charge on any atom is 0.408 e. The van der Waals surface area contributed by atoms with Crippen LogP contribution in [0.5, 0.6) is 0 Å². The Bertz CT molecular complexity index is 563. The largest absolute Gasteiger partial charge is 0.459 e. The Morgan fingerprint density at radius 2 is 1.75 bits per heavy atom. The molecule has 1 amide bonds. The summed E-state index contributed by atoms with van der Waals surface area (Å²) in [4.78, 5) is 35.3. The van der Waals surface area contributed by atoms with Gasteiger partial charge in [0.05, 0.1) is 0 Å². The van der Waals surface area contributed by atoms with Gasteiger partial charge in [-0.15, -0.1) is 0 Å². The van der Waals surface area contributed by atoms with Crippen LogP contribution in [0, 0.1) is 0 Å². The molecule has 1 rings (SSSR count). The number of nitrogens with one attached hydrogen (secondary N) is 1. The van der Waals surface area contributed by atoms with Crippen molar-refractivity contribution < 1.29 is 23.9 Å². The fraction of sp³-hybridized carbons (Fsp3) is 0.500. The van der Waals surface area contributed by atoms with Crippen molar-refractivity contribution in [1.82, 2.24) is 5.32 Å². The molecule has 132 valence electrons. The van der Waals surface area contributed by atoms with Gasteiger partial charge in [0.1, 0.15) is 24.0 Å². The first-order valence-electron chi connectivity index (χ1n) is 7.87. The lowest BCUT2D eigenvalue weighted by Crippen LogP contribution is -2.44. The van der Waals surface area contributed by atoms with Gasteiger partial charge in [-0.3, -0.25) is 0 Å². The van der Waals surface area contributed by atoms with E-state index < -0.39 is 23.7 Å². The number of Topliss-reactive ketones (excluding diaryl/α,β-unsaturated/α-hetero) is 1. The molecule has 1 atom stereocenters. The van der Waals surface area contributed by atoms with E-state index in [-0.39, 0.29) is 25.2 Å². The molecule has 6 heteroatoms. The van der Waals surface area contributed by atoms with Crippen molar-refractivity contribution in [3.05, 3.63) is 35.9 Å². The van der Waals surface area contributed by atoms with Crippen LogP contribution in [0.25, 0.3) is 0 Å². The highest BCUT2D eigenvalue weighted by Crippen LogP contribution is 2.09. The fourth-order valence-corrected chi connectivity index (χ4v) is 1.88. The van der Waals surface area contributed by atoms with E-state index in [0.29, 0.717) is 0 Å². The number of carbonyl (C=O) groups excluding carboxylic acids is 3. The van der Waals surface area contributed by atoms with Crippen molar-refractivity contribution in [2.45, 2.75) is 58.8 Å². The van der Waals surface area contributed by atoms with E-state index in [2.05, 4.69) is 5.32 Å². The third-order valence-corrected chi connectivity index (χ3v) is 2.98. The minimum Gasteiger partial charge on any atom is -0.459 e. The SMILES string of the molecule is CC(=O)CCC(NC(=O)OC(C)(C)C)C(=O)OCc1ccccc1. The number of hydrogen-bond donors (Lipinski definition) is 1. The van der Waals surface area contributed by atoms with E-state index in [1.807, 2.05) is 30.3 Å². The second kappa shape index (κ2) is 9.05. The highest BCUT2D eigenvalue weighted by molar-refractivity contribution is 5.82. The number of esters is 1. The van der Waals surface area contributed by atoms with Crippen LogP contribution < -0.4 is 5.32 Å². The summed E-state index contributed by atoms with van der Waals surface area (Å²) in [6, 6.07) is 8.29. The van der Waals surface area contributed by atoms with Crippen LogP contribution in [0.15, 0.2) is 30.3 Å². The average Bonchev–Trinajstić information content (AvgIpc) is 2.48. The highest BCUT2D eigenvalue weighted by atomic mass is 16.6. The Labute approximate surface area is 142 Å². The molecule has 1 unspecified atom stereocenters. The fourth-order valence-electron chi connectivity index (χ4n) is 1.88. The third kappa shape index (κ3) is 8.31. The number of carbonyl (C=O) groups is 3. The van der Waals surface area contributed by atoms with Gasteiger partial charge in [0.25, 0.3) is 0 Å². The summed E-state index contributed by atoms with van der Waals surface area (Å²) in [6.07, 6.45) is -0.379. The molecule has 1 aromatic rings. The molecule has 24 heavy (non-hydrogen) atoms. The Kier molecular flexibility index (Phi) is 7.42. The first kappa shape index (κ1) is 19.7. The first-order valence-corrected chi connectivity index (χ1v) is 7.87. The second-order valence-electron chi connectivity index (χ2n) is 6.53. The van der Waals surface area contributed by atoms with E-state index in [0.717, 1.165) is 5.56 Å². The Morgan fingerprint density at radius 3 is 2.29 bits per heavy atom. The van der Waals surface area contributed by atoms with Crippen LogP contribution in [-0.2, 0) is 25.7 Å². The van der Waals surface area contributed by atoms with Crippen LogP contribution in [0.1, 0.15) is 46.1 Å². The Balaban J connectivity index is 2.64. The van der Waals surface area contributed by atoms with Gasteiger partial charge in [-0.25, -0.2) is 9.59 Å². The summed E-state index contributed by atoms with van der Waals surface area (Å²) in [5, 5.41) is 2.48. The lowest BCUT2D eigenvalue weighted by molar-refractivity contribution is -0.147. The van der Waals surface area contributed by atoms with Crippen molar-refractivity contribution in [3.8, 4) is 0 Å². The molecule has 0 aliphatic heterocycles. The van der Waals surface area contributed by atoms with Gasteiger partial charge in [-0.1, -0.05) is 30.3 Å². The molecule has 6 nitrogen and oxygen atoms in total. The monoisotopic (exact) mass is 335 g/mol. The van der Waals surface area contributed by atoms with Crippen LogP contribution in [-0.4, -0.2) is 29.5 Å². The first-order chi connectivity index (χ1) is 11.2. The zero-order chi connectivity index (χ0) is 18.2. The molecule has 0 aliphatic rings. The summed E-state index contributed by atoms with van der Waals surface area (Å²) in [6.45, 7) is 6.72. The number of alkyl carbamates (subject to hydrolysis) is 1. The maximum atomic E-state index is 12.2. The standard InChI is InChI=1S/C18H25NO5/c1-13(20)10-11-15(19-17(22)24-18(2,3)4)16(21)23-12-14-8-6-5-7-9-14/h5-9,15H,10-12H2,1-4H3,(H,19,22). The molecule has 0 aromatic heterocycles. The number of benzene rings is 1. The number of amides is 1. The number of ketones is 1. The molecule has 1 N–H and O–H groups in total. The predicted molar refractivity (Wildman–Crippen MR) is 89.3 cm³/mol. The summed E-state index contributed by atoms with van der Waals surface area (Å²) < 4.78 is 10.4. The Hall–Kier alpha value is -2.37. The van der Waals surface area contributed by atoms with Crippen LogP contribution in [0.3, 0.4) is 0 Å². The molecule has 0 radical (unpaired) electrons. The average molecular weight is 335 g/mol.